The van der Waals surface area contributed by atoms with Crippen molar-refractivity contribution < 1.29 is 48.4 Å². The second-order valence-electron chi connectivity index (χ2n) is 17.1. The molecule has 5 amide bonds. The van der Waals surface area contributed by atoms with Crippen molar-refractivity contribution in [1.82, 2.24) is 36.1 Å². The van der Waals surface area contributed by atoms with E-state index in [9.17, 15) is 39.4 Å². The van der Waals surface area contributed by atoms with E-state index in [0.717, 1.165) is 4.90 Å². The van der Waals surface area contributed by atoms with Crippen molar-refractivity contribution in [2.24, 2.45) is 17.2 Å². The third-order valence-electron chi connectivity index (χ3n) is 11.3. The van der Waals surface area contributed by atoms with Gasteiger partial charge in [0.25, 0.3) is 5.91 Å². The van der Waals surface area contributed by atoms with Crippen molar-refractivity contribution in [2.75, 3.05) is 46.4 Å². The number of amides is 5. The number of aliphatic hydroxyl groups excluding tert-OH is 2. The summed E-state index contributed by atoms with van der Waals surface area (Å²) in [4.78, 5) is 81.2. The summed E-state index contributed by atoms with van der Waals surface area (Å²) >= 11 is 0. The summed E-state index contributed by atoms with van der Waals surface area (Å²) in [5.74, 6) is -2.19. The van der Waals surface area contributed by atoms with Crippen LogP contribution in [0, 0.1) is 25.2 Å². The summed E-state index contributed by atoms with van der Waals surface area (Å²) in [6, 6.07) is 13.3. The molecule has 0 radical (unpaired) electrons. The van der Waals surface area contributed by atoms with E-state index in [1.165, 1.54) is 26.1 Å². The van der Waals surface area contributed by atoms with Gasteiger partial charge in [0, 0.05) is 43.2 Å². The van der Waals surface area contributed by atoms with E-state index in [1.807, 2.05) is 32.0 Å². The molecule has 12 N–H and O–H groups in total. The standard InChI is InChI=1S/C49H63N11O10/c1-26(2)70-35-11-8-31(9-12-35)44-55-27(3)42(28(4)56-44)47(65)58-38(15-16-50)49(67)60(6)43-32-10-14-41(69-25-34(62)23-53)37(21-32)36-19-30(7-13-40(36)68-24-33(61)22-52)20-39(46(64)54-18-17-51)59-45(63)29(5)57-48(43)66/h7-14,19,21,26,29,33-34,38-39,43,61-62H,15-16,18,20,22-25,50,52-53H2,1-6H3,(H,54,64)(H,57,66)(H,58,65)(H,59,63)/t29-,33?,34?,38?,39-,43-/m0/s1. The van der Waals surface area contributed by atoms with Gasteiger partial charge in [0.15, 0.2) is 5.82 Å². The second-order valence-corrected chi connectivity index (χ2v) is 17.1. The second kappa shape index (κ2) is 24.9. The van der Waals surface area contributed by atoms with E-state index in [-0.39, 0.29) is 81.0 Å². The molecule has 6 atom stereocenters. The van der Waals surface area contributed by atoms with Gasteiger partial charge in [-0.1, -0.05) is 12.1 Å². The fraction of sp³-hybridized carbons (Fsp3) is 0.429. The van der Waals surface area contributed by atoms with Crippen molar-refractivity contribution in [3.63, 3.8) is 0 Å². The van der Waals surface area contributed by atoms with Crippen molar-refractivity contribution >= 4 is 29.5 Å². The Hall–Kier alpha value is -7.22. The van der Waals surface area contributed by atoms with Crippen LogP contribution < -0.4 is 52.7 Å². The van der Waals surface area contributed by atoms with Gasteiger partial charge in [-0.15, -0.1) is 0 Å². The predicted molar refractivity (Wildman–Crippen MR) is 258 cm³/mol. The lowest BCUT2D eigenvalue weighted by molar-refractivity contribution is -0.141. The fourth-order valence-corrected chi connectivity index (χ4v) is 7.66. The smallest absolute Gasteiger partial charge is 0.255 e. The van der Waals surface area contributed by atoms with Crippen LogP contribution in [0.5, 0.6) is 17.2 Å². The normalized spacial score (nSPS) is 17.1. The van der Waals surface area contributed by atoms with Gasteiger partial charge in [-0.25, -0.2) is 9.97 Å². The molecule has 0 aliphatic carbocycles. The molecule has 4 bridgehead atoms. The third-order valence-corrected chi connectivity index (χ3v) is 11.3. The van der Waals surface area contributed by atoms with Crippen LogP contribution in [0.1, 0.15) is 66.1 Å². The zero-order chi connectivity index (χ0) is 51.2. The lowest BCUT2D eigenvalue weighted by atomic mass is 9.93. The number of nitriles is 1. The Morgan fingerprint density at radius 3 is 2.06 bits per heavy atom. The highest BCUT2D eigenvalue weighted by Gasteiger charge is 2.36. The van der Waals surface area contributed by atoms with Crippen LogP contribution >= 0.6 is 0 Å². The average Bonchev–Trinajstić information content (AvgIpc) is 3.33. The molecule has 0 saturated heterocycles. The largest absolute Gasteiger partial charge is 0.491 e. The van der Waals surface area contributed by atoms with Crippen LogP contribution in [0.4, 0.5) is 0 Å². The number of nitrogens with one attached hydrogen (secondary N) is 4. The monoisotopic (exact) mass is 965 g/mol. The molecule has 374 valence electrons. The van der Waals surface area contributed by atoms with Crippen LogP contribution in [0.2, 0.25) is 0 Å². The molecule has 1 aromatic heterocycles. The van der Waals surface area contributed by atoms with E-state index in [0.29, 0.717) is 45.2 Å². The molecule has 0 fully saturated rings. The van der Waals surface area contributed by atoms with Crippen LogP contribution in [-0.4, -0.2) is 137 Å². The Labute approximate surface area is 406 Å². The summed E-state index contributed by atoms with van der Waals surface area (Å²) in [6.07, 6.45) is -2.28. The van der Waals surface area contributed by atoms with Crippen molar-refractivity contribution in [3.8, 4) is 45.8 Å². The molecule has 21 heteroatoms. The number of benzene rings is 3. The van der Waals surface area contributed by atoms with Gasteiger partial charge in [-0.05, 0) is 107 Å². The molecule has 21 nitrogen and oxygen atoms in total. The fourth-order valence-electron chi connectivity index (χ4n) is 7.66. The quantitative estimate of drug-likeness (QED) is 0.0576. The minimum atomic E-state index is -1.50. The number of fused-ring (bicyclic) bond motifs is 5. The maximum atomic E-state index is 14.8. The molecule has 0 saturated carbocycles. The van der Waals surface area contributed by atoms with Crippen LogP contribution in [0.25, 0.3) is 22.5 Å². The highest BCUT2D eigenvalue weighted by molar-refractivity contribution is 6.00. The number of nitrogens with zero attached hydrogens (tertiary/aromatic N) is 4. The van der Waals surface area contributed by atoms with Gasteiger partial charge in [0.2, 0.25) is 23.6 Å². The highest BCUT2D eigenvalue weighted by Crippen LogP contribution is 2.40. The van der Waals surface area contributed by atoms with Crippen LogP contribution in [0.15, 0.2) is 60.7 Å². The molecule has 1 aliphatic heterocycles. The molecule has 70 heavy (non-hydrogen) atoms. The molecule has 2 heterocycles. The third kappa shape index (κ3) is 13.7. The molecule has 1 aliphatic rings. The molecular formula is C49H63N11O10. The number of aliphatic hydroxyl groups is 2. The molecule has 3 unspecified atom stereocenters. The summed E-state index contributed by atoms with van der Waals surface area (Å²) in [6.45, 7) is 7.45. The first-order valence-electron chi connectivity index (χ1n) is 22.8. The zero-order valence-electron chi connectivity index (χ0n) is 40.2. The number of carbonyl (C=O) groups is 5. The number of nitrogens with two attached hydrogens (primary N) is 3. The van der Waals surface area contributed by atoms with Crippen molar-refractivity contribution in [2.45, 2.75) is 89.9 Å². The predicted octanol–water partition coefficient (Wildman–Crippen LogP) is 0.444. The average molecular weight is 966 g/mol. The molecule has 5 rings (SSSR count). The Morgan fingerprint density at radius 2 is 1.49 bits per heavy atom. The number of ether oxygens (including phenoxy) is 3. The first-order valence-corrected chi connectivity index (χ1v) is 22.8. The topological polar surface area (TPSA) is 332 Å². The number of rotatable bonds is 19. The molecule has 0 spiro atoms. The maximum absolute atomic E-state index is 14.8. The number of hydrogen-bond donors (Lipinski definition) is 9. The van der Waals surface area contributed by atoms with Gasteiger partial charge in [0.1, 0.15) is 73.4 Å². The zero-order valence-corrected chi connectivity index (χ0v) is 40.2. The SMILES string of the molecule is Cc1nc(-c2ccc(OC(C)C)cc2)nc(C)c1C(=O)NC(CCN)C(=O)N(C)[C@@H]1C(=O)N[C@@H](C)C(=O)N[C@H](C(=O)NCC#N)Cc2ccc(OCC(O)CN)c(c2)-c2cc1ccc2OCC(O)CN. The molecule has 3 aromatic carbocycles. The van der Waals surface area contributed by atoms with Gasteiger partial charge < -0.3 is 67.8 Å². The minimum absolute atomic E-state index is 0.0142. The number of likely N-dealkylation sites (N-methyl/N-ethyl adjacent to an activating group) is 1. The van der Waals surface area contributed by atoms with E-state index in [4.69, 9.17) is 31.4 Å². The van der Waals surface area contributed by atoms with E-state index < -0.39 is 65.9 Å². The number of hydrogen-bond acceptors (Lipinski definition) is 16. The van der Waals surface area contributed by atoms with Gasteiger partial charge >= 0.3 is 0 Å². The van der Waals surface area contributed by atoms with Crippen LogP contribution in [-0.2, 0) is 25.6 Å². The van der Waals surface area contributed by atoms with Gasteiger partial charge in [-0.2, -0.15) is 5.26 Å². The van der Waals surface area contributed by atoms with Crippen LogP contribution in [0.3, 0.4) is 0 Å². The Balaban J connectivity index is 1.60. The summed E-state index contributed by atoms with van der Waals surface area (Å²) in [5.41, 5.74) is 20.3. The van der Waals surface area contributed by atoms with Gasteiger partial charge in [0.05, 0.1) is 29.1 Å². The Morgan fingerprint density at radius 1 is 0.886 bits per heavy atom. The van der Waals surface area contributed by atoms with Crippen molar-refractivity contribution in [1.29, 1.82) is 5.26 Å². The first kappa shape index (κ1) is 53.7. The van der Waals surface area contributed by atoms with Crippen molar-refractivity contribution in [3.05, 3.63) is 88.7 Å². The van der Waals surface area contributed by atoms with E-state index in [1.54, 1.807) is 50.2 Å². The Bertz CT molecular complexity index is 2530. The summed E-state index contributed by atoms with van der Waals surface area (Å²) in [5, 5.41) is 40.6. The summed E-state index contributed by atoms with van der Waals surface area (Å²) < 4.78 is 17.9. The maximum Gasteiger partial charge on any atom is 0.255 e. The minimum Gasteiger partial charge on any atom is -0.491 e. The summed E-state index contributed by atoms with van der Waals surface area (Å²) in [7, 11) is 1.36. The van der Waals surface area contributed by atoms with E-state index in [2.05, 4.69) is 31.2 Å². The lowest BCUT2D eigenvalue weighted by Gasteiger charge is -2.32. The van der Waals surface area contributed by atoms with Gasteiger partial charge in [-0.3, -0.25) is 24.0 Å². The molecular weight excluding hydrogens is 903 g/mol. The molecule has 4 aromatic rings. The van der Waals surface area contributed by atoms with E-state index >= 15 is 0 Å². The number of aryl methyl sites for hydroxylation is 2. The Kier molecular flexibility index (Phi) is 19.1. The number of carbonyl (C=O) groups excluding carboxylic acids is 5. The number of aromatic nitrogens is 2. The highest BCUT2D eigenvalue weighted by atomic mass is 16.5. The first-order chi connectivity index (χ1) is 33.4. The lowest BCUT2D eigenvalue weighted by Crippen LogP contribution is -2.56.